The van der Waals surface area contributed by atoms with E-state index in [4.69, 9.17) is 0 Å². The zero-order valence-electron chi connectivity index (χ0n) is 10.6. The van der Waals surface area contributed by atoms with Crippen LogP contribution >= 0.6 is 27.3 Å². The van der Waals surface area contributed by atoms with Crippen molar-refractivity contribution >= 4 is 27.3 Å². The van der Waals surface area contributed by atoms with Crippen LogP contribution < -0.4 is 5.32 Å². The van der Waals surface area contributed by atoms with Crippen LogP contribution in [0.3, 0.4) is 0 Å². The predicted octanol–water partition coefficient (Wildman–Crippen LogP) is 2.43. The van der Waals surface area contributed by atoms with E-state index in [1.807, 2.05) is 4.68 Å². The Morgan fingerprint density at radius 1 is 1.44 bits per heavy atom. The number of aromatic nitrogens is 4. The minimum absolute atomic E-state index is 0.0583. The second-order valence-corrected chi connectivity index (χ2v) is 7.00. The third-order valence-electron chi connectivity index (χ3n) is 2.31. The van der Waals surface area contributed by atoms with Crippen molar-refractivity contribution in [2.45, 2.75) is 39.4 Å². The smallest absolute Gasteiger partial charge is 0.165 e. The molecule has 0 unspecified atom stereocenters. The lowest BCUT2D eigenvalue weighted by atomic mass is 10.1. The van der Waals surface area contributed by atoms with Crippen LogP contribution in [-0.2, 0) is 13.1 Å². The Morgan fingerprint density at radius 2 is 2.22 bits per heavy atom. The summed E-state index contributed by atoms with van der Waals surface area (Å²) in [6.45, 7) is 7.75. The monoisotopic (exact) mass is 329 g/mol. The van der Waals surface area contributed by atoms with Crippen LogP contribution in [0.25, 0.3) is 0 Å². The van der Waals surface area contributed by atoms with Crippen LogP contribution in [0.15, 0.2) is 15.9 Å². The van der Waals surface area contributed by atoms with Gasteiger partial charge in [0.25, 0.3) is 0 Å². The van der Waals surface area contributed by atoms with Gasteiger partial charge in [-0.3, -0.25) is 0 Å². The van der Waals surface area contributed by atoms with E-state index in [0.29, 0.717) is 13.1 Å². The Morgan fingerprint density at radius 3 is 2.83 bits per heavy atom. The summed E-state index contributed by atoms with van der Waals surface area (Å²) < 4.78 is 2.93. The highest BCUT2D eigenvalue weighted by Gasteiger charge is 2.13. The van der Waals surface area contributed by atoms with Crippen molar-refractivity contribution in [3.8, 4) is 0 Å². The van der Waals surface area contributed by atoms with E-state index in [1.54, 1.807) is 11.3 Å². The van der Waals surface area contributed by atoms with Gasteiger partial charge in [0.1, 0.15) is 0 Å². The molecule has 7 heteroatoms. The Bertz CT molecular complexity index is 513. The number of rotatable bonds is 4. The fourth-order valence-corrected chi connectivity index (χ4v) is 2.83. The molecule has 0 saturated heterocycles. The minimum atomic E-state index is 0.0583. The molecule has 0 aliphatic carbocycles. The molecule has 0 aliphatic rings. The van der Waals surface area contributed by atoms with Gasteiger partial charge < -0.3 is 5.32 Å². The molecule has 98 valence electrons. The number of nitrogens with zero attached hydrogens (tertiary/aromatic N) is 4. The predicted molar refractivity (Wildman–Crippen MR) is 75.5 cm³/mol. The van der Waals surface area contributed by atoms with E-state index in [2.05, 4.69) is 69.0 Å². The Hall–Kier alpha value is -0.790. The average molecular weight is 330 g/mol. The van der Waals surface area contributed by atoms with Gasteiger partial charge in [-0.1, -0.05) is 0 Å². The molecule has 0 spiro atoms. The number of hydrogen-bond acceptors (Lipinski definition) is 5. The minimum Gasteiger partial charge on any atom is -0.305 e. The van der Waals surface area contributed by atoms with E-state index >= 15 is 0 Å². The van der Waals surface area contributed by atoms with E-state index in [1.165, 1.54) is 4.88 Å². The van der Waals surface area contributed by atoms with Crippen LogP contribution in [-0.4, -0.2) is 25.7 Å². The first-order chi connectivity index (χ1) is 8.44. The third kappa shape index (κ3) is 3.86. The van der Waals surface area contributed by atoms with Gasteiger partial charge in [-0.2, -0.15) is 0 Å². The molecule has 5 nitrogen and oxygen atoms in total. The van der Waals surface area contributed by atoms with E-state index in [0.717, 1.165) is 10.3 Å². The Balaban J connectivity index is 2.03. The Labute approximate surface area is 119 Å². The quantitative estimate of drug-likeness (QED) is 0.935. The molecule has 0 amide bonds. The fraction of sp³-hybridized carbons (Fsp3) is 0.545. The molecule has 0 aliphatic heterocycles. The lowest BCUT2D eigenvalue weighted by Gasteiger charge is -2.19. The molecule has 2 aromatic rings. The normalized spacial score (nSPS) is 12.0. The Kier molecular flexibility index (Phi) is 4.14. The first-order valence-corrected chi connectivity index (χ1v) is 7.34. The van der Waals surface area contributed by atoms with Crippen molar-refractivity contribution in [2.24, 2.45) is 0 Å². The fourth-order valence-electron chi connectivity index (χ4n) is 1.40. The molecule has 1 N–H and O–H groups in total. The van der Waals surface area contributed by atoms with E-state index in [-0.39, 0.29) is 5.54 Å². The molecule has 2 aromatic heterocycles. The first-order valence-electron chi connectivity index (χ1n) is 5.67. The maximum absolute atomic E-state index is 4.05. The standard InChI is InChI=1S/C11H16BrN5S/c1-11(2,3)13-5-10-14-15-16-17(10)6-9-4-8(12)7-18-9/h4,7,13H,5-6H2,1-3H3. The SMILES string of the molecule is CC(C)(C)NCc1nnnn1Cc1cc(Br)cs1. The van der Waals surface area contributed by atoms with Gasteiger partial charge in [0.2, 0.25) is 0 Å². The van der Waals surface area contributed by atoms with Gasteiger partial charge in [0, 0.05) is 20.3 Å². The molecular formula is C11H16BrN5S. The van der Waals surface area contributed by atoms with Crippen molar-refractivity contribution in [1.29, 1.82) is 0 Å². The first kappa shape index (κ1) is 13.6. The van der Waals surface area contributed by atoms with Gasteiger partial charge >= 0.3 is 0 Å². The summed E-state index contributed by atoms with van der Waals surface area (Å²) in [6.07, 6.45) is 0. The molecule has 2 heterocycles. The van der Waals surface area contributed by atoms with Crippen LogP contribution in [0, 0.1) is 0 Å². The zero-order chi connectivity index (χ0) is 13.2. The van der Waals surface area contributed by atoms with Crippen LogP contribution in [0.2, 0.25) is 0 Å². The number of hydrogen-bond donors (Lipinski definition) is 1. The summed E-state index contributed by atoms with van der Waals surface area (Å²) in [6, 6.07) is 2.09. The second-order valence-electron chi connectivity index (χ2n) is 5.09. The lowest BCUT2D eigenvalue weighted by Crippen LogP contribution is -2.36. The maximum Gasteiger partial charge on any atom is 0.165 e. The lowest BCUT2D eigenvalue weighted by molar-refractivity contribution is 0.410. The van der Waals surface area contributed by atoms with Gasteiger partial charge in [0.05, 0.1) is 13.1 Å². The average Bonchev–Trinajstić information content (AvgIpc) is 2.85. The van der Waals surface area contributed by atoms with Crippen molar-refractivity contribution in [1.82, 2.24) is 25.5 Å². The summed E-state index contributed by atoms with van der Waals surface area (Å²) in [5.74, 6) is 0.856. The number of nitrogens with one attached hydrogen (secondary N) is 1. The highest BCUT2D eigenvalue weighted by atomic mass is 79.9. The number of halogens is 1. The summed E-state index contributed by atoms with van der Waals surface area (Å²) in [5, 5.41) is 17.3. The molecule has 0 saturated carbocycles. The highest BCUT2D eigenvalue weighted by molar-refractivity contribution is 9.10. The largest absolute Gasteiger partial charge is 0.305 e. The van der Waals surface area contributed by atoms with Crippen LogP contribution in [0.1, 0.15) is 31.5 Å². The molecule has 0 atom stereocenters. The van der Waals surface area contributed by atoms with Crippen molar-refractivity contribution < 1.29 is 0 Å². The molecule has 2 rings (SSSR count). The second kappa shape index (κ2) is 5.46. The zero-order valence-corrected chi connectivity index (χ0v) is 13.0. The number of thiophene rings is 1. The molecule has 0 fully saturated rings. The van der Waals surface area contributed by atoms with Crippen molar-refractivity contribution in [2.75, 3.05) is 0 Å². The van der Waals surface area contributed by atoms with Gasteiger partial charge in [-0.15, -0.1) is 16.4 Å². The van der Waals surface area contributed by atoms with E-state index < -0.39 is 0 Å². The third-order valence-corrected chi connectivity index (χ3v) is 3.99. The van der Waals surface area contributed by atoms with E-state index in [9.17, 15) is 0 Å². The maximum atomic E-state index is 4.05. The summed E-state index contributed by atoms with van der Waals surface area (Å²) >= 11 is 5.15. The van der Waals surface area contributed by atoms with Gasteiger partial charge in [-0.05, 0) is 53.2 Å². The van der Waals surface area contributed by atoms with Gasteiger partial charge in [-0.25, -0.2) is 4.68 Å². The molecule has 0 radical (unpaired) electrons. The molecule has 18 heavy (non-hydrogen) atoms. The van der Waals surface area contributed by atoms with Crippen molar-refractivity contribution in [3.63, 3.8) is 0 Å². The van der Waals surface area contributed by atoms with Crippen LogP contribution in [0.5, 0.6) is 0 Å². The summed E-state index contributed by atoms with van der Waals surface area (Å²) in [4.78, 5) is 1.23. The molecule has 0 aromatic carbocycles. The number of tetrazole rings is 1. The highest BCUT2D eigenvalue weighted by Crippen LogP contribution is 2.20. The van der Waals surface area contributed by atoms with Crippen LogP contribution in [0.4, 0.5) is 0 Å². The topological polar surface area (TPSA) is 55.6 Å². The van der Waals surface area contributed by atoms with Crippen molar-refractivity contribution in [3.05, 3.63) is 26.6 Å². The molecular weight excluding hydrogens is 314 g/mol. The summed E-state index contributed by atoms with van der Waals surface area (Å²) in [7, 11) is 0. The summed E-state index contributed by atoms with van der Waals surface area (Å²) in [5.41, 5.74) is 0.0583. The van der Waals surface area contributed by atoms with Gasteiger partial charge in [0.15, 0.2) is 5.82 Å². The molecule has 0 bridgehead atoms.